The molecule has 0 amide bonds. The zero-order valence-electron chi connectivity index (χ0n) is 7.16. The molecule has 2 aromatic heterocycles. The molecule has 2 rings (SSSR count). The number of nitrogens with two attached hydrogens (primary N) is 1. The Morgan fingerprint density at radius 1 is 1.62 bits per heavy atom. The topological polar surface area (TPSA) is 71.8 Å². The number of rotatable bonds is 1. The predicted molar refractivity (Wildman–Crippen MR) is 50.5 cm³/mol. The van der Waals surface area contributed by atoms with E-state index in [2.05, 4.69) is 9.97 Å². The molecular weight excluding hydrogens is 166 g/mol. The highest BCUT2D eigenvalue weighted by atomic mass is 16.1. The zero-order valence-corrected chi connectivity index (χ0v) is 7.16. The molecule has 0 saturated carbocycles. The van der Waals surface area contributed by atoms with Crippen molar-refractivity contribution in [3.63, 3.8) is 0 Å². The van der Waals surface area contributed by atoms with Gasteiger partial charge in [0.2, 0.25) is 0 Å². The number of hydrogen-bond acceptors (Lipinski definition) is 3. The average Bonchev–Trinajstić information content (AvgIpc) is 2.49. The Kier molecular flexibility index (Phi) is 1.55. The molecule has 0 fully saturated rings. The molecule has 0 aliphatic carbocycles. The molecule has 4 nitrogen and oxygen atoms in total. The van der Waals surface area contributed by atoms with Crippen molar-refractivity contribution in [3.05, 3.63) is 24.0 Å². The van der Waals surface area contributed by atoms with E-state index in [1.54, 1.807) is 18.5 Å². The van der Waals surface area contributed by atoms with Crippen LogP contribution in [0.5, 0.6) is 0 Å². The number of nitrogens with one attached hydrogen (secondary N) is 1. The number of nitrogen functional groups attached to an aromatic ring is 1. The summed E-state index contributed by atoms with van der Waals surface area (Å²) in [5.41, 5.74) is 7.56. The third-order valence-corrected chi connectivity index (χ3v) is 1.99. The van der Waals surface area contributed by atoms with Crippen LogP contribution in [0.1, 0.15) is 17.3 Å². The highest BCUT2D eigenvalue weighted by Gasteiger charge is 2.10. The molecule has 0 spiro atoms. The lowest BCUT2D eigenvalue weighted by Gasteiger charge is -1.96. The molecule has 0 aliphatic heterocycles. The first-order valence-electron chi connectivity index (χ1n) is 3.92. The van der Waals surface area contributed by atoms with Gasteiger partial charge < -0.3 is 10.7 Å². The number of hydrogen-bond donors (Lipinski definition) is 2. The van der Waals surface area contributed by atoms with Gasteiger partial charge in [0.25, 0.3) is 0 Å². The summed E-state index contributed by atoms with van der Waals surface area (Å²) in [5, 5.41) is 0.718. The van der Waals surface area contributed by atoms with Crippen molar-refractivity contribution in [2.45, 2.75) is 6.92 Å². The summed E-state index contributed by atoms with van der Waals surface area (Å²) in [6, 6.07) is 1.68. The first-order valence-corrected chi connectivity index (χ1v) is 3.92. The fraction of sp³-hybridized carbons (Fsp3) is 0.111. The van der Waals surface area contributed by atoms with Gasteiger partial charge in [-0.05, 0) is 13.0 Å². The minimum atomic E-state index is -0.00838. The number of pyridine rings is 1. The van der Waals surface area contributed by atoms with Crippen molar-refractivity contribution in [1.29, 1.82) is 0 Å². The highest BCUT2D eigenvalue weighted by Crippen LogP contribution is 2.22. The van der Waals surface area contributed by atoms with Gasteiger partial charge in [-0.25, -0.2) is 4.98 Å². The van der Waals surface area contributed by atoms with Crippen LogP contribution >= 0.6 is 0 Å². The number of fused-ring (bicyclic) bond motifs is 1. The second kappa shape index (κ2) is 2.58. The molecule has 3 N–H and O–H groups in total. The third-order valence-electron chi connectivity index (χ3n) is 1.99. The predicted octanol–water partition coefficient (Wildman–Crippen LogP) is 1.35. The Morgan fingerprint density at radius 2 is 2.38 bits per heavy atom. The largest absolute Gasteiger partial charge is 0.398 e. The van der Waals surface area contributed by atoms with Crippen LogP contribution in [0.15, 0.2) is 18.5 Å². The number of aromatic amines is 1. The van der Waals surface area contributed by atoms with Gasteiger partial charge in [0.1, 0.15) is 5.65 Å². The zero-order chi connectivity index (χ0) is 9.42. The lowest BCUT2D eigenvalue weighted by Crippen LogP contribution is -1.93. The van der Waals surface area contributed by atoms with Gasteiger partial charge >= 0.3 is 0 Å². The molecule has 0 saturated heterocycles. The number of H-pyrrole nitrogens is 1. The van der Waals surface area contributed by atoms with Crippen molar-refractivity contribution in [3.8, 4) is 0 Å². The Hall–Kier alpha value is -1.84. The molecule has 0 bridgehead atoms. The molecule has 66 valence electrons. The van der Waals surface area contributed by atoms with E-state index in [1.807, 2.05) is 0 Å². The Balaban J connectivity index is 2.86. The SMILES string of the molecule is CC(=O)c1c[nH]c2nccc(N)c12. The molecule has 0 aromatic carbocycles. The number of ketones is 1. The van der Waals surface area contributed by atoms with Crippen molar-refractivity contribution in [1.82, 2.24) is 9.97 Å². The number of anilines is 1. The number of Topliss-reactive ketones (excluding diaryl/α,β-unsaturated/α-hetero) is 1. The first kappa shape index (κ1) is 7.79. The summed E-state index contributed by atoms with van der Waals surface area (Å²) in [6.45, 7) is 1.51. The Labute approximate surface area is 74.8 Å². The molecule has 0 radical (unpaired) electrons. The molecule has 13 heavy (non-hydrogen) atoms. The summed E-state index contributed by atoms with van der Waals surface area (Å²) in [5.74, 6) is -0.00838. The van der Waals surface area contributed by atoms with E-state index in [0.29, 0.717) is 16.9 Å². The maximum Gasteiger partial charge on any atom is 0.162 e. The number of carbonyl (C=O) groups is 1. The van der Waals surface area contributed by atoms with Gasteiger partial charge in [-0.15, -0.1) is 0 Å². The van der Waals surface area contributed by atoms with Crippen molar-refractivity contribution in [2.24, 2.45) is 0 Å². The third kappa shape index (κ3) is 1.07. The van der Waals surface area contributed by atoms with Gasteiger partial charge in [0.15, 0.2) is 5.78 Å². The second-order valence-corrected chi connectivity index (χ2v) is 2.88. The van der Waals surface area contributed by atoms with Crippen LogP contribution in [0.3, 0.4) is 0 Å². The van der Waals surface area contributed by atoms with Crippen LogP contribution < -0.4 is 5.73 Å². The smallest absolute Gasteiger partial charge is 0.162 e. The van der Waals surface area contributed by atoms with Crippen LogP contribution in [0.4, 0.5) is 5.69 Å². The van der Waals surface area contributed by atoms with E-state index in [1.165, 1.54) is 6.92 Å². The second-order valence-electron chi connectivity index (χ2n) is 2.88. The van der Waals surface area contributed by atoms with E-state index in [-0.39, 0.29) is 5.78 Å². The van der Waals surface area contributed by atoms with Crippen LogP contribution in [0.2, 0.25) is 0 Å². The van der Waals surface area contributed by atoms with Crippen LogP contribution in [0, 0.1) is 0 Å². The standard InChI is InChI=1S/C9H9N3O/c1-5(13)6-4-12-9-8(6)7(10)2-3-11-9/h2-4H,1H3,(H3,10,11,12). The first-order chi connectivity index (χ1) is 6.20. The van der Waals surface area contributed by atoms with E-state index in [9.17, 15) is 4.79 Å². The highest BCUT2D eigenvalue weighted by molar-refractivity contribution is 6.09. The van der Waals surface area contributed by atoms with E-state index in [4.69, 9.17) is 5.73 Å². The van der Waals surface area contributed by atoms with Gasteiger partial charge in [0.05, 0.1) is 5.39 Å². The van der Waals surface area contributed by atoms with Gasteiger partial charge in [-0.2, -0.15) is 0 Å². The summed E-state index contributed by atoms with van der Waals surface area (Å²) in [6.07, 6.45) is 3.24. The minimum Gasteiger partial charge on any atom is -0.398 e. The number of nitrogens with zero attached hydrogens (tertiary/aromatic N) is 1. The molecule has 2 heterocycles. The van der Waals surface area contributed by atoms with Crippen molar-refractivity contribution in [2.75, 3.05) is 5.73 Å². The molecule has 0 unspecified atom stereocenters. The van der Waals surface area contributed by atoms with Crippen molar-refractivity contribution >= 4 is 22.5 Å². The molecule has 0 atom stereocenters. The number of carbonyl (C=O) groups excluding carboxylic acids is 1. The summed E-state index contributed by atoms with van der Waals surface area (Å²) >= 11 is 0. The summed E-state index contributed by atoms with van der Waals surface area (Å²) in [4.78, 5) is 18.1. The average molecular weight is 175 g/mol. The lowest BCUT2D eigenvalue weighted by molar-refractivity contribution is 0.101. The number of aromatic nitrogens is 2. The van der Waals surface area contributed by atoms with E-state index < -0.39 is 0 Å². The molecular formula is C9H9N3O. The summed E-state index contributed by atoms with van der Waals surface area (Å²) in [7, 11) is 0. The Bertz CT molecular complexity index is 473. The van der Waals surface area contributed by atoms with Gasteiger partial charge in [-0.3, -0.25) is 4.79 Å². The fourth-order valence-corrected chi connectivity index (χ4v) is 1.36. The fourth-order valence-electron chi connectivity index (χ4n) is 1.36. The van der Waals surface area contributed by atoms with Gasteiger partial charge in [-0.1, -0.05) is 0 Å². The van der Waals surface area contributed by atoms with Crippen LogP contribution in [-0.2, 0) is 0 Å². The van der Waals surface area contributed by atoms with E-state index >= 15 is 0 Å². The minimum absolute atomic E-state index is 0.00838. The van der Waals surface area contributed by atoms with Crippen LogP contribution in [0.25, 0.3) is 11.0 Å². The van der Waals surface area contributed by atoms with Gasteiger partial charge in [0, 0.05) is 23.6 Å². The summed E-state index contributed by atoms with van der Waals surface area (Å²) < 4.78 is 0. The monoisotopic (exact) mass is 175 g/mol. The normalized spacial score (nSPS) is 10.5. The van der Waals surface area contributed by atoms with Crippen LogP contribution in [-0.4, -0.2) is 15.8 Å². The molecule has 2 aromatic rings. The maximum absolute atomic E-state index is 11.2. The molecule has 4 heteroatoms. The lowest BCUT2D eigenvalue weighted by atomic mass is 10.1. The van der Waals surface area contributed by atoms with Crippen molar-refractivity contribution < 1.29 is 4.79 Å². The van der Waals surface area contributed by atoms with E-state index in [0.717, 1.165) is 5.39 Å². The quantitative estimate of drug-likeness (QED) is 0.642. The Morgan fingerprint density at radius 3 is 3.08 bits per heavy atom. The maximum atomic E-state index is 11.2. The molecule has 0 aliphatic rings.